The molecule has 4 nitrogen and oxygen atoms in total. The van der Waals surface area contributed by atoms with Gasteiger partial charge in [0.05, 0.1) is 6.54 Å². The molecule has 0 saturated heterocycles. The molecular formula is C22H24FN3O. The molecule has 0 aliphatic carbocycles. The molecule has 140 valence electrons. The average Bonchev–Trinajstić information content (AvgIpc) is 2.79. The van der Waals surface area contributed by atoms with Crippen molar-refractivity contribution in [3.63, 3.8) is 0 Å². The van der Waals surface area contributed by atoms with Crippen LogP contribution in [0.1, 0.15) is 43.2 Å². The topological polar surface area (TPSA) is 41.6 Å². The van der Waals surface area contributed by atoms with Gasteiger partial charge in [0.15, 0.2) is 0 Å². The molecule has 0 saturated carbocycles. The monoisotopic (exact) mass is 365 g/mol. The number of benzene rings is 1. The Morgan fingerprint density at radius 3 is 2.89 bits per heavy atom. The number of oxazole rings is 1. The number of nitrogens with zero attached hydrogens (tertiary/aromatic N) is 3. The Morgan fingerprint density at radius 1 is 1.22 bits per heavy atom. The van der Waals surface area contributed by atoms with E-state index in [1.165, 1.54) is 0 Å². The van der Waals surface area contributed by atoms with Gasteiger partial charge >= 0.3 is 0 Å². The van der Waals surface area contributed by atoms with Gasteiger partial charge in [-0.1, -0.05) is 13.0 Å². The number of aliphatic imine (C=N–C) groups is 1. The van der Waals surface area contributed by atoms with Gasteiger partial charge in [0.25, 0.3) is 0 Å². The van der Waals surface area contributed by atoms with Crippen molar-refractivity contribution in [2.24, 2.45) is 10.9 Å². The minimum Gasteiger partial charge on any atom is -0.440 e. The lowest BCUT2D eigenvalue weighted by atomic mass is 10.0. The maximum atomic E-state index is 13.9. The number of halogens is 1. The van der Waals surface area contributed by atoms with Crippen LogP contribution in [-0.4, -0.2) is 17.7 Å². The van der Waals surface area contributed by atoms with Crippen LogP contribution in [0.15, 0.2) is 45.3 Å². The molecule has 27 heavy (non-hydrogen) atoms. The highest BCUT2D eigenvalue weighted by Gasteiger charge is 2.24. The summed E-state index contributed by atoms with van der Waals surface area (Å²) in [6, 6.07) is 5.16. The highest BCUT2D eigenvalue weighted by atomic mass is 19.1. The summed E-state index contributed by atoms with van der Waals surface area (Å²) in [5.74, 6) is 1.59. The molecule has 1 aromatic carbocycles. The van der Waals surface area contributed by atoms with Crippen LogP contribution in [0.25, 0.3) is 5.70 Å². The zero-order valence-corrected chi connectivity index (χ0v) is 16.0. The second-order valence-corrected chi connectivity index (χ2v) is 7.38. The summed E-state index contributed by atoms with van der Waals surface area (Å²) in [4.78, 5) is 11.5. The molecule has 0 radical (unpaired) electrons. The van der Waals surface area contributed by atoms with E-state index in [4.69, 9.17) is 9.40 Å². The van der Waals surface area contributed by atoms with Gasteiger partial charge in [0.1, 0.15) is 23.0 Å². The second kappa shape index (κ2) is 7.14. The Kier molecular flexibility index (Phi) is 4.68. The maximum absolute atomic E-state index is 13.9. The molecule has 0 amide bonds. The van der Waals surface area contributed by atoms with Gasteiger partial charge in [0.2, 0.25) is 5.89 Å². The highest BCUT2D eigenvalue weighted by Crippen LogP contribution is 2.31. The quantitative estimate of drug-likeness (QED) is 0.745. The SMILES string of the molecule is CC1=C(c2nc3c(o2)CCCN(c2cc(C)cc(F)c2)C3)N=CC=CC1C. The molecule has 4 rings (SSSR count). The Labute approximate surface area is 159 Å². The van der Waals surface area contributed by atoms with Crippen molar-refractivity contribution in [2.75, 3.05) is 11.4 Å². The first-order chi connectivity index (χ1) is 13.0. The molecule has 2 aliphatic heterocycles. The smallest absolute Gasteiger partial charge is 0.245 e. The second-order valence-electron chi connectivity index (χ2n) is 7.38. The molecular weight excluding hydrogens is 341 g/mol. The van der Waals surface area contributed by atoms with Crippen LogP contribution >= 0.6 is 0 Å². The zero-order chi connectivity index (χ0) is 19.0. The first-order valence-electron chi connectivity index (χ1n) is 9.44. The third-order valence-electron chi connectivity index (χ3n) is 5.29. The Hall–Kier alpha value is -2.69. The van der Waals surface area contributed by atoms with Crippen LogP contribution in [0.2, 0.25) is 0 Å². The van der Waals surface area contributed by atoms with Crippen LogP contribution in [0, 0.1) is 18.7 Å². The standard InChI is InChI=1S/C22H24FN3O/c1-14-10-17(23)12-18(11-14)26-9-5-7-20-19(13-26)25-22(27-20)21-16(3)15(2)6-4-8-24-21/h4,6,8,10-12,15H,5,7,9,13H2,1-3H3. The van der Waals surface area contributed by atoms with Crippen LogP contribution in [0.4, 0.5) is 10.1 Å². The minimum atomic E-state index is -0.203. The summed E-state index contributed by atoms with van der Waals surface area (Å²) in [5, 5.41) is 0. The zero-order valence-electron chi connectivity index (χ0n) is 16.0. The predicted molar refractivity (Wildman–Crippen MR) is 106 cm³/mol. The third kappa shape index (κ3) is 3.59. The molecule has 2 aromatic rings. The van der Waals surface area contributed by atoms with Gasteiger partial charge in [-0.3, -0.25) is 4.99 Å². The van der Waals surface area contributed by atoms with E-state index < -0.39 is 0 Å². The first-order valence-corrected chi connectivity index (χ1v) is 9.44. The molecule has 0 bridgehead atoms. The van der Waals surface area contributed by atoms with Crippen molar-refractivity contribution in [2.45, 2.75) is 40.2 Å². The summed E-state index contributed by atoms with van der Waals surface area (Å²) < 4.78 is 20.0. The van der Waals surface area contributed by atoms with E-state index in [0.717, 1.165) is 53.4 Å². The lowest BCUT2D eigenvalue weighted by Crippen LogP contribution is -2.23. The Morgan fingerprint density at radius 2 is 2.07 bits per heavy atom. The molecule has 2 aliphatic rings. The number of aryl methyl sites for hydroxylation is 2. The number of aromatic nitrogens is 1. The molecule has 1 unspecified atom stereocenters. The maximum Gasteiger partial charge on any atom is 0.245 e. The normalized spacial score (nSPS) is 19.9. The van der Waals surface area contributed by atoms with Crippen molar-refractivity contribution in [1.29, 1.82) is 0 Å². The predicted octanol–water partition coefficient (Wildman–Crippen LogP) is 5.08. The van der Waals surface area contributed by atoms with Gasteiger partial charge in [-0.25, -0.2) is 9.37 Å². The van der Waals surface area contributed by atoms with Gasteiger partial charge in [-0.15, -0.1) is 0 Å². The third-order valence-corrected chi connectivity index (χ3v) is 5.29. The molecule has 0 fully saturated rings. The summed E-state index contributed by atoms with van der Waals surface area (Å²) in [6.45, 7) is 7.60. The molecule has 0 spiro atoms. The number of hydrogen-bond acceptors (Lipinski definition) is 4. The van der Waals surface area contributed by atoms with Crippen LogP contribution in [-0.2, 0) is 13.0 Å². The van der Waals surface area contributed by atoms with Crippen LogP contribution < -0.4 is 4.90 Å². The van der Waals surface area contributed by atoms with Crippen LogP contribution in [0.5, 0.6) is 0 Å². The Balaban J connectivity index is 1.67. The largest absolute Gasteiger partial charge is 0.440 e. The fourth-order valence-electron chi connectivity index (χ4n) is 3.63. The Bertz CT molecular complexity index is 934. The minimum absolute atomic E-state index is 0.203. The fourth-order valence-corrected chi connectivity index (χ4v) is 3.63. The summed E-state index contributed by atoms with van der Waals surface area (Å²) in [5.41, 5.74) is 4.70. The summed E-state index contributed by atoms with van der Waals surface area (Å²) >= 11 is 0. The van der Waals surface area contributed by atoms with Crippen molar-refractivity contribution >= 4 is 17.6 Å². The molecule has 3 heterocycles. The molecule has 1 atom stereocenters. The summed E-state index contributed by atoms with van der Waals surface area (Å²) in [7, 11) is 0. The van der Waals surface area contributed by atoms with E-state index in [2.05, 4.69) is 29.8 Å². The lowest BCUT2D eigenvalue weighted by Gasteiger charge is -2.22. The molecule has 0 N–H and O–H groups in total. The molecule has 5 heteroatoms. The fraction of sp³-hybridized carbons (Fsp3) is 0.364. The van der Waals surface area contributed by atoms with Gasteiger partial charge < -0.3 is 9.32 Å². The van der Waals surface area contributed by atoms with E-state index in [0.29, 0.717) is 18.4 Å². The van der Waals surface area contributed by atoms with E-state index in [9.17, 15) is 4.39 Å². The number of fused-ring (bicyclic) bond motifs is 1. The van der Waals surface area contributed by atoms with Crippen molar-refractivity contribution in [3.05, 3.63) is 64.6 Å². The molecule has 1 aromatic heterocycles. The van der Waals surface area contributed by atoms with Gasteiger partial charge in [0, 0.05) is 24.9 Å². The lowest BCUT2D eigenvalue weighted by molar-refractivity contribution is 0.485. The van der Waals surface area contributed by atoms with E-state index in [1.54, 1.807) is 18.3 Å². The highest BCUT2D eigenvalue weighted by molar-refractivity contribution is 5.81. The van der Waals surface area contributed by atoms with E-state index in [1.807, 2.05) is 19.1 Å². The van der Waals surface area contributed by atoms with Crippen LogP contribution in [0.3, 0.4) is 0 Å². The van der Waals surface area contributed by atoms with E-state index >= 15 is 0 Å². The van der Waals surface area contributed by atoms with Gasteiger partial charge in [-0.2, -0.15) is 0 Å². The van der Waals surface area contributed by atoms with E-state index in [-0.39, 0.29) is 5.82 Å². The van der Waals surface area contributed by atoms with Crippen molar-refractivity contribution in [3.8, 4) is 0 Å². The van der Waals surface area contributed by atoms with Gasteiger partial charge in [-0.05, 0) is 61.6 Å². The van der Waals surface area contributed by atoms with Crippen molar-refractivity contribution < 1.29 is 8.81 Å². The summed E-state index contributed by atoms with van der Waals surface area (Å²) in [6.07, 6.45) is 7.64. The first kappa shape index (κ1) is 17.7. The average molecular weight is 365 g/mol. The number of allylic oxidation sites excluding steroid dienone is 3. The number of anilines is 1. The number of rotatable bonds is 2. The number of hydrogen-bond donors (Lipinski definition) is 0. The van der Waals surface area contributed by atoms with Crippen molar-refractivity contribution in [1.82, 2.24) is 4.98 Å².